The molecule has 0 unspecified atom stereocenters. The van der Waals surface area contributed by atoms with Crippen molar-refractivity contribution < 1.29 is 9.53 Å². The molecule has 4 rings (SSSR count). The summed E-state index contributed by atoms with van der Waals surface area (Å²) in [7, 11) is 1.61. The summed E-state index contributed by atoms with van der Waals surface area (Å²) >= 11 is 13.8. The predicted octanol–water partition coefficient (Wildman–Crippen LogP) is 5.89. The van der Waals surface area contributed by atoms with E-state index in [-0.39, 0.29) is 5.91 Å². The van der Waals surface area contributed by atoms with Crippen molar-refractivity contribution in [3.8, 4) is 22.0 Å². The van der Waals surface area contributed by atoms with Gasteiger partial charge in [-0.2, -0.15) is 5.10 Å². The van der Waals surface area contributed by atoms with Gasteiger partial charge in [-0.3, -0.25) is 4.79 Å². The maximum atomic E-state index is 13.0. The van der Waals surface area contributed by atoms with Crippen molar-refractivity contribution in [1.82, 2.24) is 15.1 Å². The number of ether oxygens (including phenoxy) is 1. The van der Waals surface area contributed by atoms with Gasteiger partial charge < -0.3 is 10.1 Å². The van der Waals surface area contributed by atoms with Crippen LogP contribution in [0.1, 0.15) is 16.1 Å². The first-order valence-electron chi connectivity index (χ1n) is 9.55. The lowest BCUT2D eigenvalue weighted by Gasteiger charge is -2.10. The molecule has 1 N–H and O–H groups in total. The average Bonchev–Trinajstić information content (AvgIpc) is 3.45. The zero-order chi connectivity index (χ0) is 21.8. The van der Waals surface area contributed by atoms with Gasteiger partial charge in [-0.1, -0.05) is 35.3 Å². The molecule has 2 aromatic heterocycles. The van der Waals surface area contributed by atoms with Crippen LogP contribution >= 0.6 is 34.5 Å². The standard InChI is InChI=1S/C23H19Cl2N3O2S/c1-30-18-8-6-17(7-9-18)28-21(14-20(27-28)22-3-2-12-31-22)23(29)26-11-10-15-4-5-16(24)13-19(15)25/h2-9,12-14H,10-11H2,1H3,(H,26,29). The Balaban J connectivity index is 1.57. The fourth-order valence-electron chi connectivity index (χ4n) is 3.13. The molecule has 0 aliphatic heterocycles. The fourth-order valence-corrected chi connectivity index (χ4v) is 4.32. The molecule has 8 heteroatoms. The van der Waals surface area contributed by atoms with Gasteiger partial charge in [0.15, 0.2) is 0 Å². The van der Waals surface area contributed by atoms with Crippen molar-refractivity contribution in [2.24, 2.45) is 0 Å². The number of hydrogen-bond donors (Lipinski definition) is 1. The monoisotopic (exact) mass is 471 g/mol. The second kappa shape index (κ2) is 9.56. The molecule has 31 heavy (non-hydrogen) atoms. The van der Waals surface area contributed by atoms with Crippen LogP contribution in [0.15, 0.2) is 66.0 Å². The number of carbonyl (C=O) groups is 1. The van der Waals surface area contributed by atoms with E-state index in [0.29, 0.717) is 28.7 Å². The third-order valence-corrected chi connectivity index (χ3v) is 6.21. The van der Waals surface area contributed by atoms with Crippen LogP contribution in [0.25, 0.3) is 16.3 Å². The lowest BCUT2D eigenvalue weighted by atomic mass is 10.1. The Morgan fingerprint density at radius 3 is 2.61 bits per heavy atom. The van der Waals surface area contributed by atoms with E-state index in [1.165, 1.54) is 0 Å². The Morgan fingerprint density at radius 2 is 1.94 bits per heavy atom. The molecular weight excluding hydrogens is 453 g/mol. The second-order valence-electron chi connectivity index (χ2n) is 6.74. The van der Waals surface area contributed by atoms with Gasteiger partial charge in [-0.25, -0.2) is 4.68 Å². The van der Waals surface area contributed by atoms with Crippen LogP contribution in [-0.4, -0.2) is 29.3 Å². The van der Waals surface area contributed by atoms with Crippen molar-refractivity contribution in [2.75, 3.05) is 13.7 Å². The summed E-state index contributed by atoms with van der Waals surface area (Å²) < 4.78 is 6.88. The van der Waals surface area contributed by atoms with Gasteiger partial charge in [-0.05, 0) is 65.9 Å². The van der Waals surface area contributed by atoms with Gasteiger partial charge in [-0.15, -0.1) is 11.3 Å². The number of hydrogen-bond acceptors (Lipinski definition) is 4. The molecule has 5 nitrogen and oxygen atoms in total. The summed E-state index contributed by atoms with van der Waals surface area (Å²) in [6.45, 7) is 0.433. The van der Waals surface area contributed by atoms with E-state index in [4.69, 9.17) is 27.9 Å². The van der Waals surface area contributed by atoms with Crippen molar-refractivity contribution >= 4 is 40.4 Å². The highest BCUT2D eigenvalue weighted by Gasteiger charge is 2.18. The SMILES string of the molecule is COc1ccc(-n2nc(-c3cccs3)cc2C(=O)NCCc2ccc(Cl)cc2Cl)cc1. The fraction of sp³-hybridized carbons (Fsp3) is 0.130. The summed E-state index contributed by atoms with van der Waals surface area (Å²) in [6, 6.07) is 18.5. The Bertz CT molecular complexity index is 1190. The van der Waals surface area contributed by atoms with Gasteiger partial charge in [0, 0.05) is 16.6 Å². The molecular formula is C23H19Cl2N3O2S. The number of halogens is 2. The number of benzene rings is 2. The molecule has 4 aromatic rings. The molecule has 0 saturated carbocycles. The van der Waals surface area contributed by atoms with Gasteiger partial charge >= 0.3 is 0 Å². The number of nitrogens with zero attached hydrogens (tertiary/aromatic N) is 2. The first-order chi connectivity index (χ1) is 15.0. The van der Waals surface area contributed by atoms with E-state index < -0.39 is 0 Å². The quantitative estimate of drug-likeness (QED) is 0.365. The van der Waals surface area contributed by atoms with Gasteiger partial charge in [0.1, 0.15) is 17.1 Å². The number of nitrogens with one attached hydrogen (secondary N) is 1. The Morgan fingerprint density at radius 1 is 1.13 bits per heavy atom. The highest BCUT2D eigenvalue weighted by atomic mass is 35.5. The lowest BCUT2D eigenvalue weighted by Crippen LogP contribution is -2.27. The highest BCUT2D eigenvalue weighted by molar-refractivity contribution is 7.13. The summed E-state index contributed by atoms with van der Waals surface area (Å²) in [4.78, 5) is 14.0. The van der Waals surface area contributed by atoms with Crippen LogP contribution in [0.3, 0.4) is 0 Å². The van der Waals surface area contributed by atoms with Crippen molar-refractivity contribution in [3.63, 3.8) is 0 Å². The molecule has 0 radical (unpaired) electrons. The highest BCUT2D eigenvalue weighted by Crippen LogP contribution is 2.26. The molecule has 1 amide bonds. The number of rotatable bonds is 7. The molecule has 2 heterocycles. The van der Waals surface area contributed by atoms with E-state index in [1.54, 1.807) is 41.3 Å². The molecule has 0 spiro atoms. The number of aromatic nitrogens is 2. The normalized spacial score (nSPS) is 10.8. The number of methoxy groups -OCH3 is 1. The molecule has 0 aliphatic carbocycles. The number of carbonyl (C=O) groups excluding carboxylic acids is 1. The molecule has 0 aliphatic rings. The minimum absolute atomic E-state index is 0.212. The van der Waals surface area contributed by atoms with E-state index in [9.17, 15) is 4.79 Å². The summed E-state index contributed by atoms with van der Waals surface area (Å²) in [5.41, 5.74) is 2.90. The third kappa shape index (κ3) is 4.93. The number of thiophene rings is 1. The van der Waals surface area contributed by atoms with Crippen LogP contribution in [0.5, 0.6) is 5.75 Å². The third-order valence-electron chi connectivity index (χ3n) is 4.73. The first-order valence-corrected chi connectivity index (χ1v) is 11.2. The Kier molecular flexibility index (Phi) is 6.61. The Labute approximate surface area is 194 Å². The summed E-state index contributed by atoms with van der Waals surface area (Å²) in [5.74, 6) is 0.524. The van der Waals surface area contributed by atoms with Crippen molar-refractivity contribution in [3.05, 3.63) is 87.3 Å². The number of amides is 1. The first kappa shape index (κ1) is 21.4. The van der Waals surface area contributed by atoms with E-state index in [0.717, 1.165) is 27.6 Å². The summed E-state index contributed by atoms with van der Waals surface area (Å²) in [5, 5.41) is 10.8. The lowest BCUT2D eigenvalue weighted by molar-refractivity contribution is 0.0946. The van der Waals surface area contributed by atoms with Gasteiger partial charge in [0.05, 0.1) is 17.7 Å². The smallest absolute Gasteiger partial charge is 0.270 e. The van der Waals surface area contributed by atoms with Gasteiger partial charge in [0.2, 0.25) is 0 Å². The Hall–Kier alpha value is -2.80. The zero-order valence-corrected chi connectivity index (χ0v) is 19.0. The van der Waals surface area contributed by atoms with Crippen LogP contribution < -0.4 is 10.1 Å². The van der Waals surface area contributed by atoms with Crippen LogP contribution in [-0.2, 0) is 6.42 Å². The average molecular weight is 472 g/mol. The topological polar surface area (TPSA) is 56.2 Å². The molecule has 0 atom stereocenters. The molecule has 0 fully saturated rings. The van der Waals surface area contributed by atoms with E-state index in [1.807, 2.05) is 47.8 Å². The largest absolute Gasteiger partial charge is 0.497 e. The van der Waals surface area contributed by atoms with Gasteiger partial charge in [0.25, 0.3) is 5.91 Å². The van der Waals surface area contributed by atoms with Crippen molar-refractivity contribution in [1.29, 1.82) is 0 Å². The van der Waals surface area contributed by atoms with Crippen LogP contribution in [0, 0.1) is 0 Å². The summed E-state index contributed by atoms with van der Waals surface area (Å²) in [6.07, 6.45) is 0.593. The minimum Gasteiger partial charge on any atom is -0.497 e. The molecule has 0 saturated heterocycles. The second-order valence-corrected chi connectivity index (χ2v) is 8.53. The van der Waals surface area contributed by atoms with E-state index >= 15 is 0 Å². The molecule has 158 valence electrons. The molecule has 2 aromatic carbocycles. The maximum Gasteiger partial charge on any atom is 0.270 e. The zero-order valence-electron chi connectivity index (χ0n) is 16.6. The van der Waals surface area contributed by atoms with Crippen LogP contribution in [0.2, 0.25) is 10.0 Å². The predicted molar refractivity (Wildman–Crippen MR) is 126 cm³/mol. The van der Waals surface area contributed by atoms with E-state index in [2.05, 4.69) is 10.4 Å². The van der Waals surface area contributed by atoms with Crippen LogP contribution in [0.4, 0.5) is 0 Å². The maximum absolute atomic E-state index is 13.0. The van der Waals surface area contributed by atoms with Crippen molar-refractivity contribution in [2.45, 2.75) is 6.42 Å². The minimum atomic E-state index is -0.212. The molecule has 0 bridgehead atoms.